The third-order valence-corrected chi connectivity index (χ3v) is 3.56. The maximum Gasteiger partial charge on any atom is 0.251 e. The van der Waals surface area contributed by atoms with E-state index in [9.17, 15) is 22.4 Å². The first-order valence-corrected chi connectivity index (χ1v) is 7.23. The normalized spacial score (nSPS) is 13.2. The van der Waals surface area contributed by atoms with Crippen LogP contribution in [-0.4, -0.2) is 29.6 Å². The summed E-state index contributed by atoms with van der Waals surface area (Å²) in [5.41, 5.74) is 0.446. The van der Waals surface area contributed by atoms with E-state index in [1.807, 2.05) is 0 Å². The van der Waals surface area contributed by atoms with Crippen molar-refractivity contribution in [2.75, 3.05) is 12.4 Å². The van der Waals surface area contributed by atoms with E-state index in [0.29, 0.717) is 5.56 Å². The van der Waals surface area contributed by atoms with Gasteiger partial charge in [0.25, 0.3) is 5.92 Å². The molecular weight excluding hydrogens is 292 g/mol. The molecule has 0 amide bonds. The van der Waals surface area contributed by atoms with Gasteiger partial charge >= 0.3 is 0 Å². The number of alkyl halides is 4. The summed E-state index contributed by atoms with van der Waals surface area (Å²) in [7, 11) is 0. The fraction of sp³-hybridized carbons (Fsp3) is 0.500. The van der Waals surface area contributed by atoms with Gasteiger partial charge in [0.1, 0.15) is 6.17 Å². The van der Waals surface area contributed by atoms with Crippen LogP contribution in [0.1, 0.15) is 29.6 Å². The molecule has 112 valence electrons. The lowest BCUT2D eigenvalue weighted by atomic mass is 10.1. The van der Waals surface area contributed by atoms with E-state index in [1.165, 1.54) is 0 Å². The molecule has 0 radical (unpaired) electrons. The molecule has 1 nitrogen and oxygen atoms in total. The molecule has 1 aromatic carbocycles. The first-order valence-electron chi connectivity index (χ1n) is 6.24. The van der Waals surface area contributed by atoms with Crippen molar-refractivity contribution < 1.29 is 22.4 Å². The predicted octanol–water partition coefficient (Wildman–Crippen LogP) is 4.67. The molecule has 0 aliphatic heterocycles. The number of hydrogen-bond acceptors (Lipinski definition) is 2. The van der Waals surface area contributed by atoms with Gasteiger partial charge in [0, 0.05) is 30.6 Å². The van der Waals surface area contributed by atoms with E-state index < -0.39 is 38.0 Å². The average molecular weight is 308 g/mol. The number of hydrogen-bond donors (Lipinski definition) is 0. The number of halogens is 4. The van der Waals surface area contributed by atoms with E-state index >= 15 is 0 Å². The van der Waals surface area contributed by atoms with E-state index in [-0.39, 0.29) is 10.9 Å². The molecule has 1 unspecified atom stereocenters. The SMILES string of the molecule is O=C(SCCC(F)(F)CC(F)CCF)c1ccccc1. The molecule has 0 aliphatic carbocycles. The Morgan fingerprint density at radius 3 is 2.50 bits per heavy atom. The summed E-state index contributed by atoms with van der Waals surface area (Å²) in [6.07, 6.45) is -3.93. The third kappa shape index (κ3) is 6.41. The summed E-state index contributed by atoms with van der Waals surface area (Å²) in [5, 5.41) is -0.290. The van der Waals surface area contributed by atoms with Crippen LogP contribution >= 0.6 is 11.8 Å². The highest BCUT2D eigenvalue weighted by molar-refractivity contribution is 8.14. The van der Waals surface area contributed by atoms with Crippen molar-refractivity contribution in [3.05, 3.63) is 35.9 Å². The largest absolute Gasteiger partial charge is 0.282 e. The zero-order valence-electron chi connectivity index (χ0n) is 10.8. The number of thioether (sulfide) groups is 1. The number of carbonyl (C=O) groups excluding carboxylic acids is 1. The van der Waals surface area contributed by atoms with Gasteiger partial charge in [-0.15, -0.1) is 0 Å². The third-order valence-electron chi connectivity index (χ3n) is 2.65. The minimum atomic E-state index is -3.21. The van der Waals surface area contributed by atoms with E-state index in [4.69, 9.17) is 0 Å². The van der Waals surface area contributed by atoms with Crippen molar-refractivity contribution in [2.24, 2.45) is 0 Å². The van der Waals surface area contributed by atoms with Crippen LogP contribution in [0.5, 0.6) is 0 Å². The first-order chi connectivity index (χ1) is 9.44. The van der Waals surface area contributed by atoms with Gasteiger partial charge in [-0.2, -0.15) is 0 Å². The van der Waals surface area contributed by atoms with Crippen LogP contribution in [0.2, 0.25) is 0 Å². The Labute approximate surface area is 119 Å². The summed E-state index contributed by atoms with van der Waals surface area (Å²) in [5.74, 6) is -3.30. The second-order valence-electron chi connectivity index (χ2n) is 4.39. The van der Waals surface area contributed by atoms with Crippen LogP contribution in [0, 0.1) is 0 Å². The summed E-state index contributed by atoms with van der Waals surface area (Å²) in [4.78, 5) is 11.6. The second kappa shape index (κ2) is 8.29. The quantitative estimate of drug-likeness (QED) is 0.649. The summed E-state index contributed by atoms with van der Waals surface area (Å²) < 4.78 is 51.5. The molecule has 1 aromatic rings. The molecule has 0 saturated heterocycles. The standard InChI is InChI=1S/C14H16F4OS/c15-8-6-12(16)10-14(17,18)7-9-20-13(19)11-4-2-1-3-5-11/h1-5,12H,6-10H2. The lowest BCUT2D eigenvalue weighted by Gasteiger charge is -2.17. The Kier molecular flexibility index (Phi) is 7.05. The molecule has 20 heavy (non-hydrogen) atoms. The molecule has 0 aliphatic rings. The second-order valence-corrected chi connectivity index (χ2v) is 5.45. The van der Waals surface area contributed by atoms with Crippen LogP contribution in [0.25, 0.3) is 0 Å². The van der Waals surface area contributed by atoms with Crippen LogP contribution in [-0.2, 0) is 0 Å². The predicted molar refractivity (Wildman–Crippen MR) is 72.9 cm³/mol. The topological polar surface area (TPSA) is 17.1 Å². The molecule has 0 spiro atoms. The van der Waals surface area contributed by atoms with Gasteiger partial charge in [-0.25, -0.2) is 13.2 Å². The first kappa shape index (κ1) is 17.0. The van der Waals surface area contributed by atoms with Crippen molar-refractivity contribution in [3.8, 4) is 0 Å². The van der Waals surface area contributed by atoms with Gasteiger partial charge in [0.15, 0.2) is 0 Å². The fourth-order valence-corrected chi connectivity index (χ4v) is 2.49. The maximum atomic E-state index is 13.4. The Balaban J connectivity index is 2.34. The van der Waals surface area contributed by atoms with Crippen LogP contribution in [0.15, 0.2) is 30.3 Å². The Morgan fingerprint density at radius 2 is 1.90 bits per heavy atom. The highest BCUT2D eigenvalue weighted by Gasteiger charge is 2.32. The van der Waals surface area contributed by atoms with Crippen LogP contribution in [0.4, 0.5) is 17.6 Å². The van der Waals surface area contributed by atoms with Gasteiger partial charge in [-0.3, -0.25) is 9.18 Å². The molecule has 0 saturated carbocycles. The zero-order chi connectivity index (χ0) is 15.0. The summed E-state index contributed by atoms with van der Waals surface area (Å²) >= 11 is 0.781. The number of benzene rings is 1. The molecule has 0 aromatic heterocycles. The maximum absolute atomic E-state index is 13.4. The fourth-order valence-electron chi connectivity index (χ4n) is 1.60. The Hall–Kier alpha value is -1.04. The van der Waals surface area contributed by atoms with Gasteiger partial charge in [0.2, 0.25) is 5.12 Å². The summed E-state index contributed by atoms with van der Waals surface area (Å²) in [6, 6.07) is 8.33. The number of carbonyl (C=O) groups is 1. The van der Waals surface area contributed by atoms with Gasteiger partial charge in [-0.05, 0) is 0 Å². The Morgan fingerprint density at radius 1 is 1.25 bits per heavy atom. The molecule has 1 rings (SSSR count). The molecule has 6 heteroatoms. The van der Waals surface area contributed by atoms with Gasteiger partial charge < -0.3 is 0 Å². The van der Waals surface area contributed by atoms with Crippen molar-refractivity contribution in [1.82, 2.24) is 0 Å². The monoisotopic (exact) mass is 308 g/mol. The highest BCUT2D eigenvalue weighted by Crippen LogP contribution is 2.29. The zero-order valence-corrected chi connectivity index (χ0v) is 11.6. The molecule has 0 fully saturated rings. The van der Waals surface area contributed by atoms with Gasteiger partial charge in [0.05, 0.1) is 6.67 Å². The van der Waals surface area contributed by atoms with Crippen molar-refractivity contribution >= 4 is 16.9 Å². The minimum absolute atomic E-state index is 0.0942. The van der Waals surface area contributed by atoms with Crippen LogP contribution in [0.3, 0.4) is 0 Å². The lowest BCUT2D eigenvalue weighted by molar-refractivity contribution is -0.0319. The average Bonchev–Trinajstić information content (AvgIpc) is 2.39. The van der Waals surface area contributed by atoms with Crippen LogP contribution < -0.4 is 0 Å². The molecule has 0 N–H and O–H groups in total. The molecule has 1 atom stereocenters. The molecule has 0 heterocycles. The molecule has 0 bridgehead atoms. The lowest BCUT2D eigenvalue weighted by Crippen LogP contribution is -2.23. The highest BCUT2D eigenvalue weighted by atomic mass is 32.2. The Bertz CT molecular complexity index is 411. The smallest absolute Gasteiger partial charge is 0.251 e. The minimum Gasteiger partial charge on any atom is -0.282 e. The van der Waals surface area contributed by atoms with Crippen molar-refractivity contribution in [3.63, 3.8) is 0 Å². The van der Waals surface area contributed by atoms with Crippen molar-refractivity contribution in [1.29, 1.82) is 0 Å². The van der Waals surface area contributed by atoms with E-state index in [1.54, 1.807) is 30.3 Å². The summed E-state index contributed by atoms with van der Waals surface area (Å²) in [6.45, 7) is -0.946. The molecular formula is C14H16F4OS. The van der Waals surface area contributed by atoms with E-state index in [0.717, 1.165) is 11.8 Å². The number of rotatable bonds is 8. The van der Waals surface area contributed by atoms with E-state index in [2.05, 4.69) is 0 Å². The van der Waals surface area contributed by atoms with Gasteiger partial charge in [-0.1, -0.05) is 42.1 Å². The van der Waals surface area contributed by atoms with Crippen molar-refractivity contribution in [2.45, 2.75) is 31.4 Å².